The lowest BCUT2D eigenvalue weighted by Crippen LogP contribution is -2.14. The van der Waals surface area contributed by atoms with E-state index in [2.05, 4.69) is 10.5 Å². The van der Waals surface area contributed by atoms with Crippen LogP contribution in [0.3, 0.4) is 0 Å². The minimum atomic E-state index is -0.619. The summed E-state index contributed by atoms with van der Waals surface area (Å²) in [5.74, 6) is -0.619. The van der Waals surface area contributed by atoms with E-state index in [9.17, 15) is 4.79 Å². The molecule has 0 aliphatic carbocycles. The number of rotatable bonds is 4. The zero-order valence-corrected chi connectivity index (χ0v) is 14.3. The third-order valence-electron chi connectivity index (χ3n) is 2.73. The van der Waals surface area contributed by atoms with E-state index in [4.69, 9.17) is 51.7 Å². The van der Waals surface area contributed by atoms with Crippen molar-refractivity contribution in [2.75, 3.05) is 5.43 Å². The van der Waals surface area contributed by atoms with Gasteiger partial charge in [-0.3, -0.25) is 10.2 Å². The van der Waals surface area contributed by atoms with Crippen LogP contribution in [-0.4, -0.2) is 11.5 Å². The van der Waals surface area contributed by atoms with Gasteiger partial charge in [-0.1, -0.05) is 58.5 Å². The molecule has 0 aliphatic rings. The topological polar surface area (TPSA) is 65.2 Å². The lowest BCUT2D eigenvalue weighted by atomic mass is 10.1. The van der Waals surface area contributed by atoms with Crippen molar-refractivity contribution in [1.29, 1.82) is 5.26 Å². The number of hydrogen-bond donors (Lipinski definition) is 1. The second-order valence-corrected chi connectivity index (χ2v) is 5.90. The Hall–Kier alpha value is -1.77. The maximum absolute atomic E-state index is 12.3. The Balaban J connectivity index is 2.33. The van der Waals surface area contributed by atoms with Gasteiger partial charge in [-0.2, -0.15) is 10.4 Å². The smallest absolute Gasteiger partial charge is 0.225 e. The third-order valence-corrected chi connectivity index (χ3v) is 3.87. The molecular formula is C15H7Cl4N3O. The van der Waals surface area contributed by atoms with Crippen molar-refractivity contribution in [2.45, 2.75) is 0 Å². The molecule has 0 amide bonds. The molecule has 0 spiro atoms. The summed E-state index contributed by atoms with van der Waals surface area (Å²) in [6.45, 7) is 0. The highest BCUT2D eigenvalue weighted by atomic mass is 35.5. The van der Waals surface area contributed by atoms with Crippen molar-refractivity contribution in [1.82, 2.24) is 0 Å². The van der Waals surface area contributed by atoms with E-state index >= 15 is 0 Å². The molecule has 0 fully saturated rings. The Morgan fingerprint density at radius 3 is 2.22 bits per heavy atom. The lowest BCUT2D eigenvalue weighted by molar-refractivity contribution is 0.106. The lowest BCUT2D eigenvalue weighted by Gasteiger charge is -2.07. The van der Waals surface area contributed by atoms with Gasteiger partial charge in [0.1, 0.15) is 6.07 Å². The number of anilines is 1. The van der Waals surface area contributed by atoms with Crippen molar-refractivity contribution in [3.63, 3.8) is 0 Å². The molecular weight excluding hydrogens is 380 g/mol. The highest BCUT2D eigenvalue weighted by Gasteiger charge is 2.17. The number of carbonyl (C=O) groups excluding carboxylic acids is 1. The van der Waals surface area contributed by atoms with Gasteiger partial charge in [-0.25, -0.2) is 0 Å². The second kappa shape index (κ2) is 7.67. The average Bonchev–Trinajstić information content (AvgIpc) is 2.50. The summed E-state index contributed by atoms with van der Waals surface area (Å²) in [6, 6.07) is 11.0. The molecule has 0 aliphatic heterocycles. The molecule has 2 aromatic rings. The predicted octanol–water partition coefficient (Wildman–Crippen LogP) is 5.47. The van der Waals surface area contributed by atoms with Gasteiger partial charge in [0.05, 0.1) is 20.8 Å². The first-order chi connectivity index (χ1) is 10.9. The van der Waals surface area contributed by atoms with Gasteiger partial charge >= 0.3 is 0 Å². The Kier molecular flexibility index (Phi) is 5.86. The molecule has 0 heterocycles. The molecule has 0 saturated heterocycles. The van der Waals surface area contributed by atoms with E-state index in [0.29, 0.717) is 5.02 Å². The number of nitrogens with one attached hydrogen (secondary N) is 1. The Morgan fingerprint density at radius 2 is 1.65 bits per heavy atom. The van der Waals surface area contributed by atoms with Crippen LogP contribution in [0.4, 0.5) is 5.69 Å². The standard InChI is InChI=1S/C15H7Cl4N3O/c16-8-5-11(18)14(12(19)6-8)22-21-13(7-20)15(23)9-3-1-2-4-10(9)17/h1-6,22H/b21-13-. The van der Waals surface area contributed by atoms with Crippen molar-refractivity contribution < 1.29 is 4.79 Å². The number of nitriles is 1. The highest BCUT2D eigenvalue weighted by molar-refractivity contribution is 6.53. The number of halogens is 4. The number of Topliss-reactive ketones (excluding diaryl/α,β-unsaturated/α-hetero) is 1. The van der Waals surface area contributed by atoms with E-state index in [1.165, 1.54) is 18.2 Å². The molecule has 116 valence electrons. The molecule has 0 bridgehead atoms. The first-order valence-electron chi connectivity index (χ1n) is 6.11. The highest BCUT2D eigenvalue weighted by Crippen LogP contribution is 2.33. The number of hydrazone groups is 1. The molecule has 0 radical (unpaired) electrons. The van der Waals surface area contributed by atoms with Gasteiger partial charge in [0, 0.05) is 10.6 Å². The van der Waals surface area contributed by atoms with E-state index in [0.717, 1.165) is 0 Å². The summed E-state index contributed by atoms with van der Waals surface area (Å²) in [4.78, 5) is 12.3. The Bertz CT molecular complexity index is 820. The fourth-order valence-corrected chi connectivity index (χ4v) is 2.78. The van der Waals surface area contributed by atoms with Crippen molar-refractivity contribution in [3.8, 4) is 6.07 Å². The SMILES string of the molecule is N#C/C(=N/Nc1c(Cl)cc(Cl)cc1Cl)C(=O)c1ccccc1Cl. The molecule has 2 rings (SSSR count). The van der Waals surface area contributed by atoms with Gasteiger partial charge in [0.15, 0.2) is 0 Å². The van der Waals surface area contributed by atoms with E-state index in [1.807, 2.05) is 0 Å². The van der Waals surface area contributed by atoms with Crippen LogP contribution in [0.5, 0.6) is 0 Å². The molecule has 1 N–H and O–H groups in total. The summed E-state index contributed by atoms with van der Waals surface area (Å²) >= 11 is 23.7. The minimum Gasteiger partial charge on any atom is -0.286 e. The Labute approximate surface area is 152 Å². The summed E-state index contributed by atoms with van der Waals surface area (Å²) in [5.41, 5.74) is 2.52. The molecule has 0 saturated carbocycles. The molecule has 0 unspecified atom stereocenters. The van der Waals surface area contributed by atoms with Gasteiger partial charge in [0.25, 0.3) is 0 Å². The van der Waals surface area contributed by atoms with E-state index in [-0.39, 0.29) is 32.0 Å². The zero-order valence-electron chi connectivity index (χ0n) is 11.3. The van der Waals surface area contributed by atoms with Crippen LogP contribution in [0.2, 0.25) is 20.1 Å². The van der Waals surface area contributed by atoms with Gasteiger partial charge in [-0.05, 0) is 24.3 Å². The van der Waals surface area contributed by atoms with Crippen LogP contribution in [-0.2, 0) is 0 Å². The number of hydrogen-bond acceptors (Lipinski definition) is 4. The quantitative estimate of drug-likeness (QED) is 0.430. The normalized spacial score (nSPS) is 11.0. The fourth-order valence-electron chi connectivity index (χ4n) is 1.66. The van der Waals surface area contributed by atoms with Crippen molar-refractivity contribution in [2.24, 2.45) is 5.10 Å². The number of ketones is 1. The number of carbonyl (C=O) groups is 1. The number of nitrogens with zero attached hydrogens (tertiary/aromatic N) is 2. The molecule has 23 heavy (non-hydrogen) atoms. The largest absolute Gasteiger partial charge is 0.286 e. The first-order valence-corrected chi connectivity index (χ1v) is 7.62. The summed E-state index contributed by atoms with van der Waals surface area (Å²) in [5, 5.41) is 13.9. The summed E-state index contributed by atoms with van der Waals surface area (Å²) in [7, 11) is 0. The van der Waals surface area contributed by atoms with Crippen molar-refractivity contribution >= 4 is 63.6 Å². The monoisotopic (exact) mass is 385 g/mol. The molecule has 4 nitrogen and oxygen atoms in total. The van der Waals surface area contributed by atoms with Gasteiger partial charge in [0.2, 0.25) is 11.5 Å². The first kappa shape index (κ1) is 17.6. The number of benzene rings is 2. The van der Waals surface area contributed by atoms with E-state index < -0.39 is 5.78 Å². The molecule has 8 heteroatoms. The molecule has 2 aromatic carbocycles. The van der Waals surface area contributed by atoms with E-state index in [1.54, 1.807) is 24.3 Å². The van der Waals surface area contributed by atoms with Crippen LogP contribution in [0.15, 0.2) is 41.5 Å². The van der Waals surface area contributed by atoms with Gasteiger partial charge < -0.3 is 0 Å². The van der Waals surface area contributed by atoms with Crippen LogP contribution in [0.25, 0.3) is 0 Å². The summed E-state index contributed by atoms with van der Waals surface area (Å²) < 4.78 is 0. The molecule has 0 aromatic heterocycles. The van der Waals surface area contributed by atoms with Crippen LogP contribution in [0.1, 0.15) is 10.4 Å². The second-order valence-electron chi connectivity index (χ2n) is 4.24. The zero-order chi connectivity index (χ0) is 17.0. The fraction of sp³-hybridized carbons (Fsp3) is 0. The summed E-state index contributed by atoms with van der Waals surface area (Å²) in [6.07, 6.45) is 0. The van der Waals surface area contributed by atoms with Crippen LogP contribution >= 0.6 is 46.4 Å². The third kappa shape index (κ3) is 4.15. The maximum Gasteiger partial charge on any atom is 0.225 e. The average molecular weight is 387 g/mol. The van der Waals surface area contributed by atoms with Gasteiger partial charge in [-0.15, -0.1) is 0 Å². The van der Waals surface area contributed by atoms with Crippen LogP contribution in [0, 0.1) is 11.3 Å². The minimum absolute atomic E-state index is 0.171. The van der Waals surface area contributed by atoms with Crippen molar-refractivity contribution in [3.05, 3.63) is 62.1 Å². The van der Waals surface area contributed by atoms with Crippen LogP contribution < -0.4 is 5.43 Å². The Morgan fingerprint density at radius 1 is 1.04 bits per heavy atom. The molecule has 0 atom stereocenters. The maximum atomic E-state index is 12.3. The predicted molar refractivity (Wildman–Crippen MR) is 93.9 cm³/mol.